The molecule has 1 aliphatic rings. The summed E-state index contributed by atoms with van der Waals surface area (Å²) >= 11 is 0. The van der Waals surface area contributed by atoms with Crippen LogP contribution in [0.1, 0.15) is 21.5 Å². The molecule has 3 rings (SSSR count). The molecule has 0 saturated heterocycles. The molecule has 0 heterocycles. The van der Waals surface area contributed by atoms with Gasteiger partial charge in [0, 0.05) is 6.04 Å². The first-order valence-electron chi connectivity index (χ1n) is 6.50. The molecular formula is C16H14FNO2. The third kappa shape index (κ3) is 2.25. The number of anilines is 1. The van der Waals surface area contributed by atoms with Gasteiger partial charge in [-0.15, -0.1) is 0 Å². The number of carboxylic acid groups (broad SMARTS) is 1. The quantitative estimate of drug-likeness (QED) is 0.901. The Balaban J connectivity index is 1.85. The minimum atomic E-state index is -1.12. The SMILES string of the molecule is O=C(O)c1cccc(F)c1NC1Cc2ccccc2C1. The molecule has 0 bridgehead atoms. The largest absolute Gasteiger partial charge is 0.478 e. The van der Waals surface area contributed by atoms with Gasteiger partial charge in [0.1, 0.15) is 5.82 Å². The van der Waals surface area contributed by atoms with Gasteiger partial charge in [-0.2, -0.15) is 0 Å². The maximum atomic E-state index is 13.9. The highest BCUT2D eigenvalue weighted by molar-refractivity contribution is 5.94. The molecule has 0 aromatic heterocycles. The number of aromatic carboxylic acids is 1. The number of hydrogen-bond acceptors (Lipinski definition) is 2. The minimum Gasteiger partial charge on any atom is -0.478 e. The molecule has 20 heavy (non-hydrogen) atoms. The molecular weight excluding hydrogens is 257 g/mol. The molecule has 1 aliphatic carbocycles. The van der Waals surface area contributed by atoms with Crippen molar-refractivity contribution < 1.29 is 14.3 Å². The average molecular weight is 271 g/mol. The van der Waals surface area contributed by atoms with Gasteiger partial charge in [-0.25, -0.2) is 9.18 Å². The van der Waals surface area contributed by atoms with Crippen LogP contribution < -0.4 is 5.32 Å². The smallest absolute Gasteiger partial charge is 0.337 e. The van der Waals surface area contributed by atoms with Crippen LogP contribution >= 0.6 is 0 Å². The van der Waals surface area contributed by atoms with Crippen molar-refractivity contribution in [2.75, 3.05) is 5.32 Å². The number of benzene rings is 2. The second kappa shape index (κ2) is 4.96. The van der Waals surface area contributed by atoms with Crippen LogP contribution in [0.4, 0.5) is 10.1 Å². The number of para-hydroxylation sites is 1. The van der Waals surface area contributed by atoms with E-state index in [9.17, 15) is 9.18 Å². The molecule has 102 valence electrons. The molecule has 0 saturated carbocycles. The van der Waals surface area contributed by atoms with Gasteiger partial charge in [-0.05, 0) is 36.1 Å². The van der Waals surface area contributed by atoms with Crippen molar-refractivity contribution in [3.63, 3.8) is 0 Å². The zero-order chi connectivity index (χ0) is 14.1. The second-order valence-electron chi connectivity index (χ2n) is 4.99. The van der Waals surface area contributed by atoms with Gasteiger partial charge in [0.15, 0.2) is 0 Å². The number of carbonyl (C=O) groups is 1. The van der Waals surface area contributed by atoms with Crippen LogP contribution in [-0.2, 0) is 12.8 Å². The van der Waals surface area contributed by atoms with Gasteiger partial charge in [0.05, 0.1) is 11.3 Å². The Labute approximate surface area is 116 Å². The highest BCUT2D eigenvalue weighted by atomic mass is 19.1. The topological polar surface area (TPSA) is 49.3 Å². The Kier molecular flexibility index (Phi) is 3.14. The van der Waals surface area contributed by atoms with Gasteiger partial charge in [0.25, 0.3) is 0 Å². The molecule has 3 nitrogen and oxygen atoms in total. The van der Waals surface area contributed by atoms with Crippen LogP contribution in [0, 0.1) is 5.82 Å². The first-order valence-corrected chi connectivity index (χ1v) is 6.50. The molecule has 0 fully saturated rings. The molecule has 0 aliphatic heterocycles. The average Bonchev–Trinajstić information content (AvgIpc) is 2.83. The third-order valence-corrected chi connectivity index (χ3v) is 3.64. The van der Waals surface area contributed by atoms with Crippen LogP contribution in [0.25, 0.3) is 0 Å². The molecule has 2 aromatic carbocycles. The number of rotatable bonds is 3. The Morgan fingerprint density at radius 2 is 1.75 bits per heavy atom. The van der Waals surface area contributed by atoms with E-state index < -0.39 is 11.8 Å². The van der Waals surface area contributed by atoms with Crippen molar-refractivity contribution in [3.05, 3.63) is 65.0 Å². The zero-order valence-electron chi connectivity index (χ0n) is 10.8. The molecule has 2 N–H and O–H groups in total. The van der Waals surface area contributed by atoms with E-state index in [-0.39, 0.29) is 17.3 Å². The fraction of sp³-hybridized carbons (Fsp3) is 0.188. The summed E-state index contributed by atoms with van der Waals surface area (Å²) in [5.41, 5.74) is 2.52. The van der Waals surface area contributed by atoms with Crippen molar-refractivity contribution in [3.8, 4) is 0 Å². The van der Waals surface area contributed by atoms with Gasteiger partial charge < -0.3 is 10.4 Å². The maximum absolute atomic E-state index is 13.9. The van der Waals surface area contributed by atoms with Crippen molar-refractivity contribution in [2.24, 2.45) is 0 Å². The monoisotopic (exact) mass is 271 g/mol. The molecule has 0 atom stereocenters. The van der Waals surface area contributed by atoms with Crippen molar-refractivity contribution in [1.82, 2.24) is 0 Å². The van der Waals surface area contributed by atoms with Crippen molar-refractivity contribution in [2.45, 2.75) is 18.9 Å². The predicted molar refractivity (Wildman–Crippen MR) is 74.6 cm³/mol. The van der Waals surface area contributed by atoms with E-state index in [0.29, 0.717) is 0 Å². The van der Waals surface area contributed by atoms with E-state index in [4.69, 9.17) is 5.11 Å². The summed E-state index contributed by atoms with van der Waals surface area (Å²) in [7, 11) is 0. The Bertz CT molecular complexity index is 644. The number of fused-ring (bicyclic) bond motifs is 1. The zero-order valence-corrected chi connectivity index (χ0v) is 10.8. The maximum Gasteiger partial charge on any atom is 0.337 e. The highest BCUT2D eigenvalue weighted by Crippen LogP contribution is 2.27. The Hall–Kier alpha value is -2.36. The standard InChI is InChI=1S/C16H14FNO2/c17-14-7-3-6-13(16(19)20)15(14)18-12-8-10-4-1-2-5-11(10)9-12/h1-7,12,18H,8-9H2,(H,19,20). The minimum absolute atomic E-state index is 0.0269. The van der Waals surface area contributed by atoms with E-state index in [1.54, 1.807) is 0 Å². The molecule has 0 amide bonds. The molecule has 0 spiro atoms. The molecule has 4 heteroatoms. The summed E-state index contributed by atoms with van der Waals surface area (Å²) < 4.78 is 13.9. The molecule has 2 aromatic rings. The number of halogens is 1. The first kappa shape index (κ1) is 12.7. The fourth-order valence-electron chi connectivity index (χ4n) is 2.71. The van der Waals surface area contributed by atoms with E-state index in [1.165, 1.54) is 29.3 Å². The number of carboxylic acids is 1. The lowest BCUT2D eigenvalue weighted by Gasteiger charge is -2.16. The summed E-state index contributed by atoms with van der Waals surface area (Å²) in [6, 6.07) is 12.2. The van der Waals surface area contributed by atoms with Gasteiger partial charge in [-0.3, -0.25) is 0 Å². The predicted octanol–water partition coefficient (Wildman–Crippen LogP) is 3.10. The lowest BCUT2D eigenvalue weighted by atomic mass is 10.1. The Morgan fingerprint density at radius 3 is 2.35 bits per heavy atom. The highest BCUT2D eigenvalue weighted by Gasteiger charge is 2.23. The summed E-state index contributed by atoms with van der Waals surface area (Å²) in [6.45, 7) is 0. The van der Waals surface area contributed by atoms with E-state index in [1.807, 2.05) is 12.1 Å². The summed E-state index contributed by atoms with van der Waals surface area (Å²) in [5, 5.41) is 12.2. The lowest BCUT2D eigenvalue weighted by Crippen LogP contribution is -2.22. The summed E-state index contributed by atoms with van der Waals surface area (Å²) in [6.07, 6.45) is 1.56. The lowest BCUT2D eigenvalue weighted by molar-refractivity contribution is 0.0697. The number of hydrogen-bond donors (Lipinski definition) is 2. The van der Waals surface area contributed by atoms with Crippen molar-refractivity contribution in [1.29, 1.82) is 0 Å². The van der Waals surface area contributed by atoms with E-state index in [0.717, 1.165) is 12.8 Å². The first-order chi connectivity index (χ1) is 9.65. The van der Waals surface area contributed by atoms with Crippen molar-refractivity contribution >= 4 is 11.7 Å². The van der Waals surface area contributed by atoms with Crippen LogP contribution in [0.2, 0.25) is 0 Å². The normalized spacial score (nSPS) is 14.1. The van der Waals surface area contributed by atoms with E-state index in [2.05, 4.69) is 17.4 Å². The third-order valence-electron chi connectivity index (χ3n) is 3.64. The second-order valence-corrected chi connectivity index (χ2v) is 4.99. The van der Waals surface area contributed by atoms with Gasteiger partial charge in [-0.1, -0.05) is 30.3 Å². The summed E-state index contributed by atoms with van der Waals surface area (Å²) in [4.78, 5) is 11.2. The van der Waals surface area contributed by atoms with Crippen LogP contribution in [0.15, 0.2) is 42.5 Å². The van der Waals surface area contributed by atoms with Crippen LogP contribution in [-0.4, -0.2) is 17.1 Å². The summed E-state index contributed by atoms with van der Waals surface area (Å²) in [5.74, 6) is -1.65. The van der Waals surface area contributed by atoms with Gasteiger partial charge in [0.2, 0.25) is 0 Å². The van der Waals surface area contributed by atoms with E-state index >= 15 is 0 Å². The molecule has 0 unspecified atom stereocenters. The Morgan fingerprint density at radius 1 is 1.10 bits per heavy atom. The van der Waals surface area contributed by atoms with Crippen LogP contribution in [0.3, 0.4) is 0 Å². The number of nitrogens with one attached hydrogen (secondary N) is 1. The van der Waals surface area contributed by atoms with Crippen LogP contribution in [0.5, 0.6) is 0 Å². The fourth-order valence-corrected chi connectivity index (χ4v) is 2.71. The van der Waals surface area contributed by atoms with Gasteiger partial charge >= 0.3 is 5.97 Å². The molecule has 0 radical (unpaired) electrons.